The Hall–Kier alpha value is 0.390. The van der Waals surface area contributed by atoms with Crippen LogP contribution in [-0.4, -0.2) is 23.9 Å². The van der Waals surface area contributed by atoms with Gasteiger partial charge in [-0.15, -0.1) is 0 Å². The summed E-state index contributed by atoms with van der Waals surface area (Å²) in [6, 6.07) is 0. The molecule has 0 unspecified atom stereocenters. The predicted molar refractivity (Wildman–Crippen MR) is 66.7 cm³/mol. The van der Waals surface area contributed by atoms with Crippen LogP contribution < -0.4 is 0 Å². The summed E-state index contributed by atoms with van der Waals surface area (Å²) in [5, 5.41) is 0. The zero-order chi connectivity index (χ0) is 10.6. The Morgan fingerprint density at radius 1 is 1.43 bits per heavy atom. The third-order valence-electron chi connectivity index (χ3n) is 2.20. The Bertz CT molecular complexity index is 201. The van der Waals surface area contributed by atoms with Crippen molar-refractivity contribution in [3.05, 3.63) is 11.6 Å². The van der Waals surface area contributed by atoms with Crippen molar-refractivity contribution in [2.75, 3.05) is 17.6 Å². The molecule has 82 valence electrons. The lowest BCUT2D eigenvalue weighted by molar-refractivity contribution is -0.202. The number of ether oxygens (including phenoxy) is 2. The number of halogens is 1. The Morgan fingerprint density at radius 2 is 2.00 bits per heavy atom. The predicted octanol–water partition coefficient (Wildman–Crippen LogP) is 3.16. The molecule has 0 spiro atoms. The van der Waals surface area contributed by atoms with Gasteiger partial charge in [0, 0.05) is 9.84 Å². The summed E-state index contributed by atoms with van der Waals surface area (Å²) >= 11 is 2.37. The fourth-order valence-corrected chi connectivity index (χ4v) is 1.65. The Morgan fingerprint density at radius 3 is 2.50 bits per heavy atom. The smallest absolute Gasteiger partial charge is 0.179 e. The van der Waals surface area contributed by atoms with Crippen LogP contribution in [0.2, 0.25) is 0 Å². The maximum Gasteiger partial charge on any atom is 0.179 e. The first kappa shape index (κ1) is 12.5. The van der Waals surface area contributed by atoms with Crippen molar-refractivity contribution in [1.82, 2.24) is 0 Å². The van der Waals surface area contributed by atoms with Crippen LogP contribution in [0.5, 0.6) is 0 Å². The molecule has 0 amide bonds. The monoisotopic (exact) mass is 310 g/mol. The molecule has 0 N–H and O–H groups in total. The summed E-state index contributed by atoms with van der Waals surface area (Å²) in [4.78, 5) is 0. The SMILES string of the molecule is C/C(=C\CCI)C1OCC(C)(C)CO1. The van der Waals surface area contributed by atoms with Crippen molar-refractivity contribution >= 4 is 22.6 Å². The molecule has 0 aromatic heterocycles. The van der Waals surface area contributed by atoms with Crippen molar-refractivity contribution in [2.24, 2.45) is 5.41 Å². The van der Waals surface area contributed by atoms with Crippen molar-refractivity contribution in [2.45, 2.75) is 33.5 Å². The first-order chi connectivity index (χ1) is 6.55. The van der Waals surface area contributed by atoms with E-state index in [2.05, 4.69) is 49.4 Å². The molecule has 1 aliphatic heterocycles. The Kier molecular flexibility index (Phi) is 4.87. The fourth-order valence-electron chi connectivity index (χ4n) is 1.33. The highest BCUT2D eigenvalue weighted by atomic mass is 127. The molecular weight excluding hydrogens is 291 g/mol. The van der Waals surface area contributed by atoms with E-state index >= 15 is 0 Å². The molecule has 1 aliphatic rings. The van der Waals surface area contributed by atoms with Crippen LogP contribution in [-0.2, 0) is 9.47 Å². The minimum absolute atomic E-state index is 0.106. The van der Waals surface area contributed by atoms with Crippen LogP contribution >= 0.6 is 22.6 Å². The van der Waals surface area contributed by atoms with Gasteiger partial charge >= 0.3 is 0 Å². The molecule has 14 heavy (non-hydrogen) atoms. The second-order valence-corrected chi connectivity index (χ2v) is 5.62. The quantitative estimate of drug-likeness (QED) is 0.453. The number of hydrogen-bond acceptors (Lipinski definition) is 2. The number of alkyl halides is 1. The molecule has 0 atom stereocenters. The standard InChI is InChI=1S/C11H19IO2/c1-9(5-4-6-12)10-13-7-11(2,3)8-14-10/h5,10H,4,6-8H2,1-3H3/b9-5+. The Balaban J connectivity index is 2.41. The van der Waals surface area contributed by atoms with E-state index in [0.29, 0.717) is 0 Å². The second-order valence-electron chi connectivity index (χ2n) is 4.54. The van der Waals surface area contributed by atoms with Crippen LogP contribution in [0.4, 0.5) is 0 Å². The summed E-state index contributed by atoms with van der Waals surface area (Å²) in [5.74, 6) is 0. The molecular formula is C11H19IO2. The molecule has 3 heteroatoms. The average Bonchev–Trinajstić information content (AvgIpc) is 2.14. The van der Waals surface area contributed by atoms with E-state index in [1.807, 2.05) is 0 Å². The summed E-state index contributed by atoms with van der Waals surface area (Å²) in [5.41, 5.74) is 1.37. The van der Waals surface area contributed by atoms with Crippen LogP contribution in [0, 0.1) is 5.41 Å². The lowest BCUT2D eigenvalue weighted by Gasteiger charge is -2.35. The zero-order valence-electron chi connectivity index (χ0n) is 9.18. The third kappa shape index (κ3) is 3.87. The third-order valence-corrected chi connectivity index (χ3v) is 2.82. The van der Waals surface area contributed by atoms with Gasteiger partial charge in [0.1, 0.15) is 0 Å². The van der Waals surface area contributed by atoms with Crippen molar-refractivity contribution < 1.29 is 9.47 Å². The molecule has 2 nitrogen and oxygen atoms in total. The molecule has 1 saturated heterocycles. The van der Waals surface area contributed by atoms with Gasteiger partial charge < -0.3 is 9.47 Å². The largest absolute Gasteiger partial charge is 0.348 e. The van der Waals surface area contributed by atoms with Crippen LogP contribution in [0.15, 0.2) is 11.6 Å². The van der Waals surface area contributed by atoms with E-state index in [9.17, 15) is 0 Å². The van der Waals surface area contributed by atoms with E-state index < -0.39 is 0 Å². The normalized spacial score (nSPS) is 23.9. The van der Waals surface area contributed by atoms with Gasteiger partial charge in [0.15, 0.2) is 6.29 Å². The summed E-state index contributed by atoms with van der Waals surface area (Å²) in [6.07, 6.45) is 3.19. The highest BCUT2D eigenvalue weighted by molar-refractivity contribution is 14.1. The maximum absolute atomic E-state index is 5.66. The van der Waals surface area contributed by atoms with Crippen LogP contribution in [0.3, 0.4) is 0 Å². The lowest BCUT2D eigenvalue weighted by Crippen LogP contribution is -2.38. The molecule has 0 aromatic rings. The van der Waals surface area contributed by atoms with E-state index in [0.717, 1.165) is 24.1 Å². The van der Waals surface area contributed by atoms with E-state index in [1.165, 1.54) is 5.57 Å². The van der Waals surface area contributed by atoms with Crippen molar-refractivity contribution in [1.29, 1.82) is 0 Å². The van der Waals surface area contributed by atoms with Gasteiger partial charge in [-0.1, -0.05) is 42.5 Å². The topological polar surface area (TPSA) is 18.5 Å². The van der Waals surface area contributed by atoms with Gasteiger partial charge in [0.05, 0.1) is 13.2 Å². The lowest BCUT2D eigenvalue weighted by atomic mass is 9.95. The van der Waals surface area contributed by atoms with E-state index in [-0.39, 0.29) is 11.7 Å². The molecule has 0 bridgehead atoms. The molecule has 0 aliphatic carbocycles. The highest BCUT2D eigenvalue weighted by Crippen LogP contribution is 2.25. The Labute approximate surface area is 100 Å². The first-order valence-corrected chi connectivity index (χ1v) is 6.53. The second kappa shape index (κ2) is 5.47. The van der Waals surface area contributed by atoms with E-state index in [4.69, 9.17) is 9.47 Å². The summed E-state index contributed by atoms with van der Waals surface area (Å²) < 4.78 is 12.5. The van der Waals surface area contributed by atoms with Gasteiger partial charge in [-0.3, -0.25) is 0 Å². The number of hydrogen-bond donors (Lipinski definition) is 0. The average molecular weight is 310 g/mol. The molecule has 1 rings (SSSR count). The molecule has 0 radical (unpaired) electrons. The first-order valence-electron chi connectivity index (χ1n) is 5.01. The molecule has 0 aromatic carbocycles. The van der Waals surface area contributed by atoms with Gasteiger partial charge in [-0.2, -0.15) is 0 Å². The summed E-state index contributed by atoms with van der Waals surface area (Å²) in [6.45, 7) is 7.97. The van der Waals surface area contributed by atoms with E-state index in [1.54, 1.807) is 0 Å². The number of allylic oxidation sites excluding steroid dienone is 1. The van der Waals surface area contributed by atoms with Crippen molar-refractivity contribution in [3.8, 4) is 0 Å². The molecule has 0 saturated carbocycles. The highest BCUT2D eigenvalue weighted by Gasteiger charge is 2.28. The van der Waals surface area contributed by atoms with Crippen LogP contribution in [0.1, 0.15) is 27.2 Å². The van der Waals surface area contributed by atoms with Crippen LogP contribution in [0.25, 0.3) is 0 Å². The molecule has 1 heterocycles. The zero-order valence-corrected chi connectivity index (χ0v) is 11.3. The molecule has 1 fully saturated rings. The van der Waals surface area contributed by atoms with Crippen molar-refractivity contribution in [3.63, 3.8) is 0 Å². The minimum Gasteiger partial charge on any atom is -0.348 e. The summed E-state index contributed by atoms with van der Waals surface area (Å²) in [7, 11) is 0. The van der Waals surface area contributed by atoms with Gasteiger partial charge in [-0.05, 0) is 18.9 Å². The fraction of sp³-hybridized carbons (Fsp3) is 0.818. The van der Waals surface area contributed by atoms with Gasteiger partial charge in [0.2, 0.25) is 0 Å². The maximum atomic E-state index is 5.66. The van der Waals surface area contributed by atoms with Gasteiger partial charge in [0.25, 0.3) is 0 Å². The van der Waals surface area contributed by atoms with Gasteiger partial charge in [-0.25, -0.2) is 0 Å². The minimum atomic E-state index is -0.106. The number of rotatable bonds is 3.